The highest BCUT2D eigenvalue weighted by Gasteiger charge is 2.17. The number of esters is 1. The highest BCUT2D eigenvalue weighted by Crippen LogP contribution is 2.30. The van der Waals surface area contributed by atoms with Crippen molar-refractivity contribution in [2.24, 2.45) is 0 Å². The molecule has 0 aliphatic carbocycles. The number of hydrogen-bond acceptors (Lipinski definition) is 6. The molecule has 2 aromatic carbocycles. The van der Waals surface area contributed by atoms with Gasteiger partial charge in [0.1, 0.15) is 5.75 Å². The van der Waals surface area contributed by atoms with Crippen molar-refractivity contribution in [1.29, 1.82) is 0 Å². The number of carbonyl (C=O) groups is 1. The van der Waals surface area contributed by atoms with Crippen LogP contribution in [0.1, 0.15) is 17.6 Å². The van der Waals surface area contributed by atoms with E-state index in [1.54, 1.807) is 6.92 Å². The second-order valence-corrected chi connectivity index (χ2v) is 4.36. The second-order valence-electron chi connectivity index (χ2n) is 4.36. The van der Waals surface area contributed by atoms with Gasteiger partial charge in [-0.05, 0) is 24.4 Å². The molecule has 0 saturated carbocycles. The van der Waals surface area contributed by atoms with Crippen molar-refractivity contribution in [2.75, 3.05) is 6.61 Å². The zero-order chi connectivity index (χ0) is 14.8. The smallest absolute Gasteiger partial charge is 0.397 e. The molecule has 3 aromatic rings. The second kappa shape index (κ2) is 5.24. The van der Waals surface area contributed by atoms with Crippen molar-refractivity contribution < 1.29 is 19.2 Å². The number of ether oxygens (including phenoxy) is 1. The number of nitrogens with zero attached hydrogens (tertiary/aromatic N) is 2. The largest absolute Gasteiger partial charge is 0.507 e. The SMILES string of the molecule is CCOC(=O)c1nc(-c2cc(O)c3ccccc3c2)no1. The number of phenolic OH excluding ortho intramolecular Hbond substituents is 1. The van der Waals surface area contributed by atoms with Crippen LogP contribution in [0.2, 0.25) is 0 Å². The van der Waals surface area contributed by atoms with E-state index < -0.39 is 5.97 Å². The van der Waals surface area contributed by atoms with Gasteiger partial charge in [0.2, 0.25) is 5.82 Å². The molecule has 106 valence electrons. The molecule has 0 saturated heterocycles. The number of phenols is 1. The standard InChI is InChI=1S/C15H12N2O4/c1-2-20-15(19)14-16-13(17-21-14)10-7-9-5-3-4-6-11(9)12(18)8-10/h3-8,18H,2H2,1H3. The summed E-state index contributed by atoms with van der Waals surface area (Å²) in [6, 6.07) is 10.7. The predicted molar refractivity (Wildman–Crippen MR) is 74.9 cm³/mol. The summed E-state index contributed by atoms with van der Waals surface area (Å²) in [5.74, 6) is -0.537. The Morgan fingerprint density at radius 1 is 1.33 bits per heavy atom. The number of aromatic hydroxyl groups is 1. The predicted octanol–water partition coefficient (Wildman–Crippen LogP) is 2.77. The number of fused-ring (bicyclic) bond motifs is 1. The van der Waals surface area contributed by atoms with E-state index in [0.29, 0.717) is 5.56 Å². The Hall–Kier alpha value is -2.89. The van der Waals surface area contributed by atoms with E-state index in [9.17, 15) is 9.90 Å². The van der Waals surface area contributed by atoms with Crippen molar-refractivity contribution in [3.05, 3.63) is 42.3 Å². The van der Waals surface area contributed by atoms with Crippen molar-refractivity contribution in [1.82, 2.24) is 10.1 Å². The van der Waals surface area contributed by atoms with Crippen molar-refractivity contribution in [3.8, 4) is 17.1 Å². The van der Waals surface area contributed by atoms with E-state index in [1.807, 2.05) is 30.3 Å². The lowest BCUT2D eigenvalue weighted by molar-refractivity contribution is 0.0470. The molecule has 3 rings (SSSR count). The van der Waals surface area contributed by atoms with E-state index in [-0.39, 0.29) is 24.1 Å². The van der Waals surface area contributed by atoms with Crippen LogP contribution in [-0.2, 0) is 4.74 Å². The van der Waals surface area contributed by atoms with E-state index in [1.165, 1.54) is 6.07 Å². The summed E-state index contributed by atoms with van der Waals surface area (Å²) in [5, 5.41) is 15.3. The van der Waals surface area contributed by atoms with Crippen LogP contribution in [0.4, 0.5) is 0 Å². The van der Waals surface area contributed by atoms with Gasteiger partial charge in [0.25, 0.3) is 0 Å². The molecule has 6 heteroatoms. The van der Waals surface area contributed by atoms with Crippen molar-refractivity contribution >= 4 is 16.7 Å². The summed E-state index contributed by atoms with van der Waals surface area (Å²) in [6.45, 7) is 1.92. The Balaban J connectivity index is 2.03. The highest BCUT2D eigenvalue weighted by molar-refractivity contribution is 5.92. The fraction of sp³-hybridized carbons (Fsp3) is 0.133. The molecule has 0 radical (unpaired) electrons. The maximum Gasteiger partial charge on any atom is 0.397 e. The first-order valence-corrected chi connectivity index (χ1v) is 6.42. The molecule has 0 amide bonds. The molecule has 1 aromatic heterocycles. The molecule has 0 unspecified atom stereocenters. The van der Waals surface area contributed by atoms with Gasteiger partial charge in [-0.25, -0.2) is 4.79 Å². The van der Waals surface area contributed by atoms with Crippen LogP contribution in [-0.4, -0.2) is 27.8 Å². The molecule has 0 aliphatic heterocycles. The average Bonchev–Trinajstić information content (AvgIpc) is 2.97. The van der Waals surface area contributed by atoms with E-state index >= 15 is 0 Å². The molecule has 1 N–H and O–H groups in total. The minimum Gasteiger partial charge on any atom is -0.507 e. The lowest BCUT2D eigenvalue weighted by atomic mass is 10.1. The maximum atomic E-state index is 11.5. The molecule has 0 aliphatic rings. The molecule has 0 fully saturated rings. The van der Waals surface area contributed by atoms with Gasteiger partial charge in [-0.3, -0.25) is 0 Å². The Bertz CT molecular complexity index is 810. The number of rotatable bonds is 3. The quantitative estimate of drug-likeness (QED) is 0.744. The molecular weight excluding hydrogens is 272 g/mol. The molecule has 0 atom stereocenters. The topological polar surface area (TPSA) is 85.5 Å². The van der Waals surface area contributed by atoms with Gasteiger partial charge in [-0.2, -0.15) is 4.98 Å². The van der Waals surface area contributed by atoms with Crippen LogP contribution in [0.15, 0.2) is 40.9 Å². The van der Waals surface area contributed by atoms with Gasteiger partial charge in [0.15, 0.2) is 0 Å². The number of hydrogen-bond donors (Lipinski definition) is 1. The lowest BCUT2D eigenvalue weighted by Gasteiger charge is -2.02. The van der Waals surface area contributed by atoms with Crippen LogP contribution in [0.5, 0.6) is 5.75 Å². The van der Waals surface area contributed by atoms with E-state index in [2.05, 4.69) is 10.1 Å². The van der Waals surface area contributed by atoms with Gasteiger partial charge in [0.05, 0.1) is 6.61 Å². The summed E-state index contributed by atoms with van der Waals surface area (Å²) in [6.07, 6.45) is 0. The Morgan fingerprint density at radius 2 is 2.14 bits per heavy atom. The normalized spacial score (nSPS) is 10.7. The van der Waals surface area contributed by atoms with Gasteiger partial charge in [0, 0.05) is 10.9 Å². The molecule has 0 bridgehead atoms. The minimum absolute atomic E-state index is 0.116. The van der Waals surface area contributed by atoms with Gasteiger partial charge < -0.3 is 14.4 Å². The average molecular weight is 284 g/mol. The Morgan fingerprint density at radius 3 is 2.95 bits per heavy atom. The summed E-state index contributed by atoms with van der Waals surface area (Å²) >= 11 is 0. The van der Waals surface area contributed by atoms with Crippen molar-refractivity contribution in [3.63, 3.8) is 0 Å². The van der Waals surface area contributed by atoms with Crippen LogP contribution in [0.3, 0.4) is 0 Å². The molecule has 0 spiro atoms. The number of carbonyl (C=O) groups excluding carboxylic acids is 1. The first-order valence-electron chi connectivity index (χ1n) is 6.42. The van der Waals surface area contributed by atoms with Crippen LogP contribution >= 0.6 is 0 Å². The maximum absolute atomic E-state index is 11.5. The Kier molecular flexibility index (Phi) is 3.27. The van der Waals surface area contributed by atoms with Crippen molar-refractivity contribution in [2.45, 2.75) is 6.92 Å². The summed E-state index contributed by atoms with van der Waals surface area (Å²) in [5.41, 5.74) is 0.561. The summed E-state index contributed by atoms with van der Waals surface area (Å²) in [7, 11) is 0. The first-order chi connectivity index (χ1) is 10.2. The number of benzene rings is 2. The first kappa shape index (κ1) is 13.1. The third-order valence-electron chi connectivity index (χ3n) is 2.97. The van der Waals surface area contributed by atoms with Gasteiger partial charge in [-0.15, -0.1) is 0 Å². The Labute approximate surface area is 120 Å². The van der Waals surface area contributed by atoms with E-state index in [0.717, 1.165) is 10.8 Å². The number of aromatic nitrogens is 2. The third kappa shape index (κ3) is 2.43. The van der Waals surface area contributed by atoms with Gasteiger partial charge in [-0.1, -0.05) is 29.4 Å². The van der Waals surface area contributed by atoms with Gasteiger partial charge >= 0.3 is 11.9 Å². The molecule has 6 nitrogen and oxygen atoms in total. The molecular formula is C15H12N2O4. The monoisotopic (exact) mass is 284 g/mol. The third-order valence-corrected chi connectivity index (χ3v) is 2.97. The summed E-state index contributed by atoms with van der Waals surface area (Å²) in [4.78, 5) is 15.5. The van der Waals surface area contributed by atoms with Crippen LogP contribution in [0.25, 0.3) is 22.2 Å². The zero-order valence-electron chi connectivity index (χ0n) is 11.2. The van der Waals surface area contributed by atoms with E-state index in [4.69, 9.17) is 9.26 Å². The molecule has 21 heavy (non-hydrogen) atoms. The highest BCUT2D eigenvalue weighted by atomic mass is 16.6. The fourth-order valence-corrected chi connectivity index (χ4v) is 2.04. The zero-order valence-corrected chi connectivity index (χ0v) is 11.2. The van der Waals surface area contributed by atoms with Crippen LogP contribution < -0.4 is 0 Å². The molecule has 1 heterocycles. The summed E-state index contributed by atoms with van der Waals surface area (Å²) < 4.78 is 9.65. The minimum atomic E-state index is -0.665. The van der Waals surface area contributed by atoms with Crippen LogP contribution in [0, 0.1) is 0 Å². The fourth-order valence-electron chi connectivity index (χ4n) is 2.04. The lowest BCUT2D eigenvalue weighted by Crippen LogP contribution is -2.04.